The summed E-state index contributed by atoms with van der Waals surface area (Å²) in [6.07, 6.45) is 5.03. The Morgan fingerprint density at radius 1 is 1.03 bits per heavy atom. The van der Waals surface area contributed by atoms with Crippen LogP contribution in [0, 0.1) is 12.7 Å². The van der Waals surface area contributed by atoms with Crippen LogP contribution in [0.25, 0.3) is 10.9 Å². The van der Waals surface area contributed by atoms with Gasteiger partial charge in [0, 0.05) is 61.8 Å². The van der Waals surface area contributed by atoms with Gasteiger partial charge in [-0.25, -0.2) is 14.4 Å². The van der Waals surface area contributed by atoms with Crippen molar-refractivity contribution in [1.82, 2.24) is 15.0 Å². The number of nitrogens with one attached hydrogen (secondary N) is 1. The van der Waals surface area contributed by atoms with Crippen molar-refractivity contribution in [3.63, 3.8) is 0 Å². The quantitative estimate of drug-likeness (QED) is 0.475. The van der Waals surface area contributed by atoms with Crippen LogP contribution in [0.4, 0.5) is 21.7 Å². The van der Waals surface area contributed by atoms with Gasteiger partial charge in [-0.15, -0.1) is 0 Å². The van der Waals surface area contributed by atoms with Gasteiger partial charge in [0.25, 0.3) is 0 Å². The molecule has 2 N–H and O–H groups in total. The summed E-state index contributed by atoms with van der Waals surface area (Å²) in [4.78, 5) is 20.1. The molecule has 0 unspecified atom stereocenters. The molecule has 0 atom stereocenters. The van der Waals surface area contributed by atoms with E-state index in [2.05, 4.69) is 24.8 Å². The van der Waals surface area contributed by atoms with Gasteiger partial charge in [0.15, 0.2) is 5.88 Å². The summed E-state index contributed by atoms with van der Waals surface area (Å²) in [7, 11) is 0. The summed E-state index contributed by atoms with van der Waals surface area (Å²) >= 11 is 0. The third kappa shape index (κ3) is 3.75. The average Bonchev–Trinajstić information content (AvgIpc) is 3.15. The van der Waals surface area contributed by atoms with E-state index < -0.39 is 0 Å². The molecule has 0 amide bonds. The van der Waals surface area contributed by atoms with Gasteiger partial charge in [0.1, 0.15) is 5.82 Å². The lowest BCUT2D eigenvalue weighted by atomic mass is 10.1. The number of piperazine rings is 1. The van der Waals surface area contributed by atoms with Gasteiger partial charge < -0.3 is 19.9 Å². The van der Waals surface area contributed by atoms with E-state index in [1.54, 1.807) is 36.8 Å². The lowest BCUT2D eigenvalue weighted by molar-refractivity contribution is 0.457. The maximum absolute atomic E-state index is 14.9. The number of benzene rings is 2. The normalized spacial score (nSPS) is 14.6. The Labute approximate surface area is 184 Å². The zero-order chi connectivity index (χ0) is 22.1. The first-order valence-corrected chi connectivity index (χ1v) is 10.5. The van der Waals surface area contributed by atoms with Crippen molar-refractivity contribution < 1.29 is 9.50 Å². The zero-order valence-corrected chi connectivity index (χ0v) is 17.7. The monoisotopic (exact) mass is 430 g/mol. The SMILES string of the molecule is Cc1cccc2[nH]c(O)c(C=Nc3ccc(N4CCN(c5ncccn5)CC4)c(F)c3)c12. The van der Waals surface area contributed by atoms with E-state index >= 15 is 0 Å². The van der Waals surface area contributed by atoms with E-state index in [-0.39, 0.29) is 11.7 Å². The highest BCUT2D eigenvalue weighted by atomic mass is 19.1. The Morgan fingerprint density at radius 2 is 1.78 bits per heavy atom. The number of halogens is 1. The molecule has 2 aromatic heterocycles. The smallest absolute Gasteiger partial charge is 0.225 e. The van der Waals surface area contributed by atoms with Crippen molar-refractivity contribution in [2.24, 2.45) is 4.99 Å². The van der Waals surface area contributed by atoms with E-state index in [0.717, 1.165) is 29.6 Å². The summed E-state index contributed by atoms with van der Waals surface area (Å²) in [5, 5.41) is 11.2. The number of H-pyrrole nitrogens is 1. The first-order valence-electron chi connectivity index (χ1n) is 10.5. The van der Waals surface area contributed by atoms with E-state index in [4.69, 9.17) is 0 Å². The number of hydrogen-bond donors (Lipinski definition) is 2. The van der Waals surface area contributed by atoms with Gasteiger partial charge in [-0.1, -0.05) is 12.1 Å². The number of aromatic amines is 1. The first kappa shape index (κ1) is 20.0. The Hall–Kier alpha value is -3.94. The molecule has 0 bridgehead atoms. The highest BCUT2D eigenvalue weighted by Gasteiger charge is 2.21. The van der Waals surface area contributed by atoms with Crippen LogP contribution in [0.15, 0.2) is 59.9 Å². The van der Waals surface area contributed by atoms with E-state index in [1.807, 2.05) is 30.0 Å². The van der Waals surface area contributed by atoms with Crippen molar-refractivity contribution in [2.75, 3.05) is 36.0 Å². The van der Waals surface area contributed by atoms with Gasteiger partial charge in [0.05, 0.1) is 16.9 Å². The van der Waals surface area contributed by atoms with E-state index in [1.165, 1.54) is 6.07 Å². The molecule has 1 aliphatic heterocycles. The van der Waals surface area contributed by atoms with Crippen LogP contribution in [0.2, 0.25) is 0 Å². The Bertz CT molecular complexity index is 1280. The molecule has 7 nitrogen and oxygen atoms in total. The second-order valence-electron chi connectivity index (χ2n) is 7.80. The molecule has 162 valence electrons. The van der Waals surface area contributed by atoms with Crippen molar-refractivity contribution in [3.8, 4) is 5.88 Å². The van der Waals surface area contributed by atoms with Gasteiger partial charge in [-0.2, -0.15) is 0 Å². The maximum Gasteiger partial charge on any atom is 0.225 e. The average molecular weight is 430 g/mol. The maximum atomic E-state index is 14.9. The van der Waals surface area contributed by atoms with Gasteiger partial charge >= 0.3 is 0 Å². The summed E-state index contributed by atoms with van der Waals surface area (Å²) < 4.78 is 14.9. The lowest BCUT2D eigenvalue weighted by Crippen LogP contribution is -2.47. The Morgan fingerprint density at radius 3 is 2.53 bits per heavy atom. The summed E-state index contributed by atoms with van der Waals surface area (Å²) in [6.45, 7) is 4.79. The fourth-order valence-electron chi connectivity index (χ4n) is 4.14. The highest BCUT2D eigenvalue weighted by molar-refractivity contribution is 6.04. The van der Waals surface area contributed by atoms with Crippen LogP contribution in [0.3, 0.4) is 0 Å². The van der Waals surface area contributed by atoms with Crippen LogP contribution in [-0.4, -0.2) is 52.5 Å². The molecule has 2 aromatic carbocycles. The zero-order valence-electron chi connectivity index (χ0n) is 17.7. The molecular weight excluding hydrogens is 407 g/mol. The second kappa shape index (κ2) is 8.30. The molecule has 0 spiro atoms. The molecule has 32 heavy (non-hydrogen) atoms. The van der Waals surface area contributed by atoms with Crippen LogP contribution in [0.1, 0.15) is 11.1 Å². The summed E-state index contributed by atoms with van der Waals surface area (Å²) in [6, 6.07) is 12.6. The lowest BCUT2D eigenvalue weighted by Gasteiger charge is -2.36. The molecule has 0 aliphatic carbocycles. The van der Waals surface area contributed by atoms with Crippen molar-refractivity contribution in [2.45, 2.75) is 6.92 Å². The topological polar surface area (TPSA) is 80.6 Å². The predicted molar refractivity (Wildman–Crippen MR) is 125 cm³/mol. The van der Waals surface area contributed by atoms with Crippen LogP contribution in [0.5, 0.6) is 5.88 Å². The molecule has 5 rings (SSSR count). The third-order valence-electron chi connectivity index (χ3n) is 5.78. The van der Waals surface area contributed by atoms with Crippen LogP contribution >= 0.6 is 0 Å². The first-order chi connectivity index (χ1) is 15.6. The van der Waals surface area contributed by atoms with Crippen molar-refractivity contribution in [1.29, 1.82) is 0 Å². The number of aromatic hydroxyl groups is 1. The van der Waals surface area contributed by atoms with E-state index in [9.17, 15) is 9.50 Å². The molecule has 1 aliphatic rings. The minimum atomic E-state index is -0.316. The molecule has 8 heteroatoms. The molecule has 1 saturated heterocycles. The minimum absolute atomic E-state index is 0.0513. The number of nitrogens with zero attached hydrogens (tertiary/aromatic N) is 5. The fourth-order valence-corrected chi connectivity index (χ4v) is 4.14. The number of rotatable bonds is 4. The highest BCUT2D eigenvalue weighted by Crippen LogP contribution is 2.30. The number of aliphatic imine (C=N–C) groups is 1. The second-order valence-corrected chi connectivity index (χ2v) is 7.80. The number of fused-ring (bicyclic) bond motifs is 1. The Kier molecular flexibility index (Phi) is 5.18. The number of aromatic nitrogens is 3. The fraction of sp³-hybridized carbons (Fsp3) is 0.208. The summed E-state index contributed by atoms with van der Waals surface area (Å²) in [5.74, 6) is 0.437. The molecule has 0 radical (unpaired) electrons. The summed E-state index contributed by atoms with van der Waals surface area (Å²) in [5.41, 5.74) is 3.52. The molecule has 0 saturated carbocycles. The number of anilines is 2. The van der Waals surface area contributed by atoms with Gasteiger partial charge in [0.2, 0.25) is 5.95 Å². The standard InChI is InChI=1S/C24H23FN6O/c1-16-4-2-5-20-22(16)18(23(32)29-20)15-28-17-6-7-21(19(25)14-17)30-10-12-31(13-11-30)24-26-8-3-9-27-24/h2-9,14-15,29,32H,10-13H2,1H3. The molecule has 4 aromatic rings. The largest absolute Gasteiger partial charge is 0.494 e. The number of aryl methyl sites for hydroxylation is 1. The van der Waals surface area contributed by atoms with Crippen LogP contribution < -0.4 is 9.80 Å². The Balaban J connectivity index is 1.32. The molecule has 3 heterocycles. The number of hydrogen-bond acceptors (Lipinski definition) is 6. The third-order valence-corrected chi connectivity index (χ3v) is 5.78. The predicted octanol–water partition coefficient (Wildman–Crippen LogP) is 4.19. The minimum Gasteiger partial charge on any atom is -0.494 e. The molecule has 1 fully saturated rings. The van der Waals surface area contributed by atoms with E-state index in [0.29, 0.717) is 36.0 Å². The van der Waals surface area contributed by atoms with Crippen molar-refractivity contribution in [3.05, 3.63) is 71.8 Å². The van der Waals surface area contributed by atoms with Crippen molar-refractivity contribution >= 4 is 34.4 Å². The van der Waals surface area contributed by atoms with Gasteiger partial charge in [-0.3, -0.25) is 4.99 Å². The van der Waals surface area contributed by atoms with Crippen LogP contribution in [-0.2, 0) is 0 Å². The van der Waals surface area contributed by atoms with Gasteiger partial charge in [-0.05, 0) is 36.8 Å². The molecular formula is C24H23FN6O.